The Bertz CT molecular complexity index is 400. The molecule has 0 radical (unpaired) electrons. The van der Waals surface area contributed by atoms with Crippen LogP contribution in [0.3, 0.4) is 0 Å². The minimum Gasteiger partial charge on any atom is -0.478 e. The van der Waals surface area contributed by atoms with Gasteiger partial charge in [0.25, 0.3) is 0 Å². The Morgan fingerprint density at radius 1 is 1.32 bits per heavy atom. The smallest absolute Gasteiger partial charge is 0.337 e. The van der Waals surface area contributed by atoms with Gasteiger partial charge in [0.05, 0.1) is 11.3 Å². The molecular weight excluding hydrogens is 242 g/mol. The monoisotopic (exact) mass is 263 g/mol. The van der Waals surface area contributed by atoms with Crippen molar-refractivity contribution in [1.29, 1.82) is 0 Å². The van der Waals surface area contributed by atoms with Crippen molar-refractivity contribution in [2.24, 2.45) is 0 Å². The first kappa shape index (κ1) is 14.0. The quantitative estimate of drug-likeness (QED) is 0.759. The number of likely N-dealkylation sites (tertiary alicyclic amines) is 1. The Morgan fingerprint density at radius 2 is 2.11 bits per heavy atom. The number of pyridine rings is 1. The molecule has 2 N–H and O–H groups in total. The normalized spacial score (nSPS) is 16.4. The number of aromatic nitrogens is 1. The maximum absolute atomic E-state index is 10.7. The lowest BCUT2D eigenvalue weighted by molar-refractivity contribution is 0.0696. The van der Waals surface area contributed by atoms with E-state index in [0.717, 1.165) is 18.8 Å². The summed E-state index contributed by atoms with van der Waals surface area (Å²) in [6.45, 7) is 5.14. The Morgan fingerprint density at radius 3 is 2.74 bits per heavy atom. The highest BCUT2D eigenvalue weighted by molar-refractivity contribution is 5.87. The van der Waals surface area contributed by atoms with Crippen LogP contribution in [0, 0.1) is 0 Å². The molecule has 1 aliphatic rings. The summed E-state index contributed by atoms with van der Waals surface area (Å²) in [5.74, 6) is -0.933. The van der Waals surface area contributed by atoms with Crippen LogP contribution >= 0.6 is 0 Å². The third-order valence-corrected chi connectivity index (χ3v) is 3.43. The number of nitrogens with one attached hydrogen (secondary N) is 1. The summed E-state index contributed by atoms with van der Waals surface area (Å²) in [6.07, 6.45) is 5.41. The maximum Gasteiger partial charge on any atom is 0.337 e. The lowest BCUT2D eigenvalue weighted by Gasteiger charge is -2.26. The average molecular weight is 263 g/mol. The molecule has 0 atom stereocenters. The summed E-state index contributed by atoms with van der Waals surface area (Å²) in [5, 5.41) is 12.1. The molecule has 19 heavy (non-hydrogen) atoms. The van der Waals surface area contributed by atoms with E-state index in [1.807, 2.05) is 0 Å². The highest BCUT2D eigenvalue weighted by Gasteiger charge is 2.08. The zero-order valence-electron chi connectivity index (χ0n) is 11.1. The van der Waals surface area contributed by atoms with Gasteiger partial charge in [-0.25, -0.2) is 4.79 Å². The molecule has 0 bridgehead atoms. The largest absolute Gasteiger partial charge is 0.478 e. The molecular formula is C14H21N3O2. The number of nitrogens with zero attached hydrogens (tertiary/aromatic N) is 2. The molecule has 0 amide bonds. The van der Waals surface area contributed by atoms with Crippen molar-refractivity contribution < 1.29 is 9.90 Å². The number of hydrogen-bond acceptors (Lipinski definition) is 4. The maximum atomic E-state index is 10.7. The van der Waals surface area contributed by atoms with Crippen LogP contribution in [0.15, 0.2) is 18.3 Å². The summed E-state index contributed by atoms with van der Waals surface area (Å²) >= 11 is 0. The van der Waals surface area contributed by atoms with E-state index >= 15 is 0 Å². The molecule has 1 aliphatic heterocycles. The number of hydrogen-bond donors (Lipinski definition) is 2. The Balaban J connectivity index is 1.66. The molecule has 0 spiro atoms. The summed E-state index contributed by atoms with van der Waals surface area (Å²) in [4.78, 5) is 17.3. The van der Waals surface area contributed by atoms with E-state index < -0.39 is 5.97 Å². The molecule has 2 rings (SSSR count). The fourth-order valence-electron chi connectivity index (χ4n) is 2.29. The van der Waals surface area contributed by atoms with E-state index in [1.165, 1.54) is 38.5 Å². The molecule has 0 unspecified atom stereocenters. The molecule has 1 fully saturated rings. The van der Waals surface area contributed by atoms with Gasteiger partial charge in [0, 0.05) is 25.8 Å². The van der Waals surface area contributed by atoms with E-state index in [0.29, 0.717) is 6.54 Å². The number of carboxylic acid groups (broad SMARTS) is 1. The Labute approximate surface area is 113 Å². The molecule has 1 aromatic rings. The van der Waals surface area contributed by atoms with Gasteiger partial charge in [0.1, 0.15) is 0 Å². The average Bonchev–Trinajstić information content (AvgIpc) is 2.45. The van der Waals surface area contributed by atoms with Gasteiger partial charge in [-0.1, -0.05) is 6.42 Å². The SMILES string of the molecule is O=C(O)c1ccc(CNCCN2CCCCC2)nc1. The highest BCUT2D eigenvalue weighted by atomic mass is 16.4. The van der Waals surface area contributed by atoms with Gasteiger partial charge in [-0.05, 0) is 38.1 Å². The Hall–Kier alpha value is -1.46. The molecule has 104 valence electrons. The van der Waals surface area contributed by atoms with Crippen molar-refractivity contribution in [3.05, 3.63) is 29.6 Å². The van der Waals surface area contributed by atoms with Crippen LogP contribution in [0.1, 0.15) is 35.3 Å². The molecule has 5 nitrogen and oxygen atoms in total. The topological polar surface area (TPSA) is 65.5 Å². The van der Waals surface area contributed by atoms with Gasteiger partial charge in [0.2, 0.25) is 0 Å². The molecule has 0 aromatic carbocycles. The fraction of sp³-hybridized carbons (Fsp3) is 0.571. The standard InChI is InChI=1S/C14H21N3O2/c18-14(19)12-4-5-13(16-10-12)11-15-6-9-17-7-2-1-3-8-17/h4-5,10,15H,1-3,6-9,11H2,(H,18,19). The fourth-order valence-corrected chi connectivity index (χ4v) is 2.29. The molecule has 0 saturated carbocycles. The van der Waals surface area contributed by atoms with Gasteiger partial charge in [-0.15, -0.1) is 0 Å². The molecule has 1 aromatic heterocycles. The van der Waals surface area contributed by atoms with Crippen molar-refractivity contribution in [2.75, 3.05) is 26.2 Å². The first-order valence-corrected chi connectivity index (χ1v) is 6.87. The van der Waals surface area contributed by atoms with Crippen molar-refractivity contribution in [2.45, 2.75) is 25.8 Å². The number of piperidine rings is 1. The van der Waals surface area contributed by atoms with Crippen LogP contribution in [0.25, 0.3) is 0 Å². The molecule has 2 heterocycles. The second-order valence-electron chi connectivity index (χ2n) is 4.92. The van der Waals surface area contributed by atoms with E-state index in [4.69, 9.17) is 5.11 Å². The van der Waals surface area contributed by atoms with Gasteiger partial charge in [0.15, 0.2) is 0 Å². The molecule has 1 saturated heterocycles. The summed E-state index contributed by atoms with van der Waals surface area (Å²) in [5.41, 5.74) is 1.11. The number of aromatic carboxylic acids is 1. The summed E-state index contributed by atoms with van der Waals surface area (Å²) < 4.78 is 0. The van der Waals surface area contributed by atoms with Crippen LogP contribution in [-0.4, -0.2) is 47.1 Å². The van der Waals surface area contributed by atoms with Crippen LogP contribution in [0.5, 0.6) is 0 Å². The molecule has 0 aliphatic carbocycles. The van der Waals surface area contributed by atoms with E-state index in [2.05, 4.69) is 15.2 Å². The first-order valence-electron chi connectivity index (χ1n) is 6.87. The minimum atomic E-state index is -0.933. The summed E-state index contributed by atoms with van der Waals surface area (Å²) in [7, 11) is 0. The number of carboxylic acids is 1. The zero-order valence-corrected chi connectivity index (χ0v) is 11.1. The van der Waals surface area contributed by atoms with Crippen LogP contribution in [0.4, 0.5) is 0 Å². The second-order valence-corrected chi connectivity index (χ2v) is 4.92. The van der Waals surface area contributed by atoms with E-state index in [1.54, 1.807) is 12.1 Å². The van der Waals surface area contributed by atoms with E-state index in [-0.39, 0.29) is 5.56 Å². The number of carbonyl (C=O) groups is 1. The van der Waals surface area contributed by atoms with E-state index in [9.17, 15) is 4.79 Å². The second kappa shape index (κ2) is 7.21. The van der Waals surface area contributed by atoms with Gasteiger partial charge < -0.3 is 15.3 Å². The third-order valence-electron chi connectivity index (χ3n) is 3.43. The van der Waals surface area contributed by atoms with Gasteiger partial charge >= 0.3 is 5.97 Å². The van der Waals surface area contributed by atoms with Crippen LogP contribution in [-0.2, 0) is 6.54 Å². The lowest BCUT2D eigenvalue weighted by atomic mass is 10.1. The van der Waals surface area contributed by atoms with Crippen LogP contribution in [0.2, 0.25) is 0 Å². The molecule has 5 heteroatoms. The summed E-state index contributed by atoms with van der Waals surface area (Å²) in [6, 6.07) is 3.36. The Kier molecular flexibility index (Phi) is 5.30. The predicted octanol–water partition coefficient (Wildman–Crippen LogP) is 1.36. The van der Waals surface area contributed by atoms with Gasteiger partial charge in [-0.2, -0.15) is 0 Å². The zero-order chi connectivity index (χ0) is 13.5. The van der Waals surface area contributed by atoms with Crippen molar-refractivity contribution in [3.8, 4) is 0 Å². The minimum absolute atomic E-state index is 0.233. The van der Waals surface area contributed by atoms with Crippen molar-refractivity contribution in [1.82, 2.24) is 15.2 Å². The van der Waals surface area contributed by atoms with Crippen LogP contribution < -0.4 is 5.32 Å². The first-order chi connectivity index (χ1) is 9.25. The lowest BCUT2D eigenvalue weighted by Crippen LogP contribution is -2.35. The predicted molar refractivity (Wildman–Crippen MR) is 73.2 cm³/mol. The highest BCUT2D eigenvalue weighted by Crippen LogP contribution is 2.07. The third kappa shape index (κ3) is 4.61. The van der Waals surface area contributed by atoms with Gasteiger partial charge in [-0.3, -0.25) is 4.98 Å². The van der Waals surface area contributed by atoms with Crippen molar-refractivity contribution >= 4 is 5.97 Å². The van der Waals surface area contributed by atoms with Crippen molar-refractivity contribution in [3.63, 3.8) is 0 Å². The number of rotatable bonds is 6.